The first-order chi connectivity index (χ1) is 13.0. The fourth-order valence-corrected chi connectivity index (χ4v) is 2.81. The van der Waals surface area contributed by atoms with Crippen LogP contribution in [0.4, 0.5) is 5.69 Å². The van der Waals surface area contributed by atoms with Crippen LogP contribution < -0.4 is 10.2 Å². The largest absolute Gasteiger partial charge is 0.483 e. The predicted molar refractivity (Wildman–Crippen MR) is 102 cm³/mol. The number of benzene rings is 2. The highest BCUT2D eigenvalue weighted by Gasteiger charge is 2.14. The molecule has 0 fully saturated rings. The maximum atomic E-state index is 11.9. The fourth-order valence-electron chi connectivity index (χ4n) is 2.81. The summed E-state index contributed by atoms with van der Waals surface area (Å²) in [5, 5.41) is 15.8. The third kappa shape index (κ3) is 4.12. The molecule has 0 saturated heterocycles. The van der Waals surface area contributed by atoms with Gasteiger partial charge in [0.25, 0.3) is 11.6 Å². The lowest BCUT2D eigenvalue weighted by Crippen LogP contribution is -2.25. The van der Waals surface area contributed by atoms with E-state index < -0.39 is 10.8 Å². The first-order valence-electron chi connectivity index (χ1n) is 8.22. The van der Waals surface area contributed by atoms with Gasteiger partial charge in [0.05, 0.1) is 11.1 Å². The van der Waals surface area contributed by atoms with Crippen molar-refractivity contribution in [2.45, 2.75) is 13.8 Å². The van der Waals surface area contributed by atoms with E-state index in [0.29, 0.717) is 16.9 Å². The number of nitrogens with zero attached hydrogens (tertiary/aromatic N) is 2. The minimum Gasteiger partial charge on any atom is -0.483 e. The maximum Gasteiger partial charge on any atom is 0.277 e. The molecular formula is C19H18N4O4. The smallest absolute Gasteiger partial charge is 0.277 e. The summed E-state index contributed by atoms with van der Waals surface area (Å²) in [6.07, 6.45) is 3.36. The summed E-state index contributed by atoms with van der Waals surface area (Å²) in [5.41, 5.74) is 5.43. The number of nitro groups is 1. The van der Waals surface area contributed by atoms with Crippen molar-refractivity contribution in [1.29, 1.82) is 0 Å². The second-order valence-electron chi connectivity index (χ2n) is 6.04. The van der Waals surface area contributed by atoms with Gasteiger partial charge >= 0.3 is 0 Å². The molecule has 8 heteroatoms. The monoisotopic (exact) mass is 366 g/mol. The molecule has 3 rings (SSSR count). The molecule has 1 amide bonds. The number of carbonyl (C=O) groups is 1. The molecule has 0 aliphatic carbocycles. The molecule has 8 nitrogen and oxygen atoms in total. The Morgan fingerprint density at radius 1 is 1.30 bits per heavy atom. The first-order valence-corrected chi connectivity index (χ1v) is 8.22. The number of aryl methyl sites for hydroxylation is 2. The van der Waals surface area contributed by atoms with Crippen LogP contribution >= 0.6 is 0 Å². The van der Waals surface area contributed by atoms with Crippen LogP contribution in [-0.2, 0) is 4.79 Å². The number of amides is 1. The molecule has 138 valence electrons. The van der Waals surface area contributed by atoms with Gasteiger partial charge in [-0.3, -0.25) is 14.9 Å². The number of fused-ring (bicyclic) bond motifs is 1. The Kier molecular flexibility index (Phi) is 5.16. The van der Waals surface area contributed by atoms with Gasteiger partial charge in [-0.2, -0.15) is 5.10 Å². The number of hydrogen-bond donors (Lipinski definition) is 2. The highest BCUT2D eigenvalue weighted by Crippen LogP contribution is 2.28. The molecule has 0 unspecified atom stereocenters. The number of nitrogens with one attached hydrogen (secondary N) is 2. The number of carbonyl (C=O) groups excluding carboxylic acids is 1. The van der Waals surface area contributed by atoms with Crippen molar-refractivity contribution in [3.05, 3.63) is 69.4 Å². The molecule has 2 aromatic carbocycles. The second kappa shape index (κ2) is 7.69. The molecule has 1 aromatic heterocycles. The second-order valence-corrected chi connectivity index (χ2v) is 6.04. The van der Waals surface area contributed by atoms with E-state index in [9.17, 15) is 14.9 Å². The lowest BCUT2D eigenvalue weighted by molar-refractivity contribution is -0.385. The molecule has 0 spiro atoms. The van der Waals surface area contributed by atoms with Gasteiger partial charge in [0.2, 0.25) is 0 Å². The fraction of sp³-hybridized carbons (Fsp3) is 0.158. The van der Waals surface area contributed by atoms with E-state index in [1.165, 1.54) is 12.1 Å². The van der Waals surface area contributed by atoms with Crippen molar-refractivity contribution in [1.82, 2.24) is 10.4 Å². The van der Waals surface area contributed by atoms with Crippen LogP contribution in [0.1, 0.15) is 16.7 Å². The number of ether oxygens (including phenoxy) is 1. The third-order valence-corrected chi connectivity index (χ3v) is 4.02. The molecule has 3 aromatic rings. The Labute approximate surface area is 155 Å². The number of hydrogen-bond acceptors (Lipinski definition) is 5. The Hall–Kier alpha value is -3.68. The van der Waals surface area contributed by atoms with Gasteiger partial charge in [0.1, 0.15) is 5.75 Å². The topological polar surface area (TPSA) is 110 Å². The summed E-state index contributed by atoms with van der Waals surface area (Å²) >= 11 is 0. The lowest BCUT2D eigenvalue weighted by atomic mass is 10.1. The molecule has 0 aliphatic rings. The first kappa shape index (κ1) is 18.1. The number of nitro benzene ring substituents is 1. The SMILES string of the molecule is Cc1cc([N+](=O)[O-])cc(C)c1OCC(=O)N/N=C/c1c[nH]c2ccccc12. The Balaban J connectivity index is 1.59. The van der Waals surface area contributed by atoms with Crippen LogP contribution in [-0.4, -0.2) is 28.6 Å². The molecule has 0 atom stereocenters. The van der Waals surface area contributed by atoms with E-state index >= 15 is 0 Å². The van der Waals surface area contributed by atoms with Crippen LogP contribution in [0.2, 0.25) is 0 Å². The maximum absolute atomic E-state index is 11.9. The van der Waals surface area contributed by atoms with E-state index in [4.69, 9.17) is 4.74 Å². The van der Waals surface area contributed by atoms with E-state index in [-0.39, 0.29) is 12.3 Å². The minimum atomic E-state index is -0.462. The average molecular weight is 366 g/mol. The van der Waals surface area contributed by atoms with E-state index in [0.717, 1.165) is 16.5 Å². The van der Waals surface area contributed by atoms with Crippen molar-refractivity contribution in [2.75, 3.05) is 6.61 Å². The van der Waals surface area contributed by atoms with Gasteiger partial charge in [0.15, 0.2) is 6.61 Å². The summed E-state index contributed by atoms with van der Waals surface area (Å²) < 4.78 is 5.51. The van der Waals surface area contributed by atoms with E-state index in [1.807, 2.05) is 24.3 Å². The number of aromatic nitrogens is 1. The average Bonchev–Trinajstić information content (AvgIpc) is 3.04. The van der Waals surface area contributed by atoms with Gasteiger partial charge in [0, 0.05) is 34.8 Å². The van der Waals surface area contributed by atoms with E-state index in [2.05, 4.69) is 15.5 Å². The number of hydrazone groups is 1. The highest BCUT2D eigenvalue weighted by atomic mass is 16.6. The summed E-state index contributed by atoms with van der Waals surface area (Å²) in [6, 6.07) is 10.6. The zero-order valence-corrected chi connectivity index (χ0v) is 14.9. The standard InChI is InChI=1S/C19H18N4O4/c1-12-7-15(23(25)26)8-13(2)19(12)27-11-18(24)22-21-10-14-9-20-17-6-4-3-5-16(14)17/h3-10,20H,11H2,1-2H3,(H,22,24)/b21-10+. The van der Waals surface area contributed by atoms with Gasteiger partial charge in [-0.15, -0.1) is 0 Å². The Morgan fingerprint density at radius 2 is 2.00 bits per heavy atom. The quantitative estimate of drug-likeness (QED) is 0.396. The van der Waals surface area contributed by atoms with Gasteiger partial charge in [-0.1, -0.05) is 18.2 Å². The number of non-ortho nitro benzene ring substituents is 1. The number of para-hydroxylation sites is 1. The van der Waals surface area contributed by atoms with Crippen LogP contribution in [0.5, 0.6) is 5.75 Å². The highest BCUT2D eigenvalue weighted by molar-refractivity contribution is 5.99. The zero-order chi connectivity index (χ0) is 19.4. The molecule has 0 saturated carbocycles. The minimum absolute atomic E-state index is 0.00914. The summed E-state index contributed by atoms with van der Waals surface area (Å²) in [7, 11) is 0. The van der Waals surface area contributed by atoms with Crippen molar-refractivity contribution in [3.63, 3.8) is 0 Å². The third-order valence-electron chi connectivity index (χ3n) is 4.02. The predicted octanol–water partition coefficient (Wildman–Crippen LogP) is 3.22. The molecule has 0 bridgehead atoms. The lowest BCUT2D eigenvalue weighted by Gasteiger charge is -2.11. The molecule has 1 heterocycles. The van der Waals surface area contributed by atoms with E-state index in [1.54, 1.807) is 26.3 Å². The molecule has 2 N–H and O–H groups in total. The molecule has 0 radical (unpaired) electrons. The molecule has 27 heavy (non-hydrogen) atoms. The van der Waals surface area contributed by atoms with Crippen LogP contribution in [0.15, 0.2) is 47.7 Å². The van der Waals surface area contributed by atoms with Crippen molar-refractivity contribution < 1.29 is 14.5 Å². The number of aromatic amines is 1. The summed E-state index contributed by atoms with van der Waals surface area (Å²) in [5.74, 6) is 0.0274. The normalized spacial score (nSPS) is 11.0. The summed E-state index contributed by atoms with van der Waals surface area (Å²) in [6.45, 7) is 3.15. The Morgan fingerprint density at radius 3 is 2.70 bits per heavy atom. The van der Waals surface area contributed by atoms with Crippen LogP contribution in [0.3, 0.4) is 0 Å². The number of rotatable bonds is 6. The van der Waals surface area contributed by atoms with Gasteiger partial charge in [-0.25, -0.2) is 5.43 Å². The Bertz CT molecular complexity index is 1020. The van der Waals surface area contributed by atoms with Crippen molar-refractivity contribution >= 4 is 28.7 Å². The molecular weight excluding hydrogens is 348 g/mol. The van der Waals surface area contributed by atoms with Crippen LogP contribution in [0, 0.1) is 24.0 Å². The molecule has 0 aliphatic heterocycles. The van der Waals surface area contributed by atoms with Gasteiger partial charge in [-0.05, 0) is 31.0 Å². The number of H-pyrrole nitrogens is 1. The van der Waals surface area contributed by atoms with Crippen molar-refractivity contribution in [2.24, 2.45) is 5.10 Å². The van der Waals surface area contributed by atoms with Crippen molar-refractivity contribution in [3.8, 4) is 5.75 Å². The van der Waals surface area contributed by atoms with Crippen LogP contribution in [0.25, 0.3) is 10.9 Å². The van der Waals surface area contributed by atoms with Gasteiger partial charge < -0.3 is 9.72 Å². The summed E-state index contributed by atoms with van der Waals surface area (Å²) in [4.78, 5) is 25.5. The zero-order valence-electron chi connectivity index (χ0n) is 14.9.